The maximum atomic E-state index is 11.9. The summed E-state index contributed by atoms with van der Waals surface area (Å²) in [5.74, 6) is 0.536. The van der Waals surface area contributed by atoms with Crippen LogP contribution in [0.2, 0.25) is 0 Å². The number of nitrogens with zero attached hydrogens (tertiary/aromatic N) is 2. The second-order valence-electron chi connectivity index (χ2n) is 6.79. The highest BCUT2D eigenvalue weighted by atomic mass is 16.5. The minimum absolute atomic E-state index is 0.260. The van der Waals surface area contributed by atoms with Crippen LogP contribution >= 0.6 is 0 Å². The molecule has 26 heavy (non-hydrogen) atoms. The summed E-state index contributed by atoms with van der Waals surface area (Å²) < 4.78 is 5.78. The monoisotopic (exact) mass is 354 g/mol. The molecule has 1 aliphatic rings. The molecule has 1 fully saturated rings. The van der Waals surface area contributed by atoms with Gasteiger partial charge in [-0.3, -0.25) is 10.2 Å². The van der Waals surface area contributed by atoms with Gasteiger partial charge in [-0.05, 0) is 37.1 Å². The number of nitrogens with one attached hydrogen (secondary N) is 2. The van der Waals surface area contributed by atoms with Crippen LogP contribution in [0.4, 0.5) is 10.6 Å². The molecule has 2 heterocycles. The molecule has 0 saturated carbocycles. The van der Waals surface area contributed by atoms with E-state index in [1.54, 1.807) is 12.3 Å². The summed E-state index contributed by atoms with van der Waals surface area (Å²) in [6.45, 7) is 7.56. The Hall–Kier alpha value is -2.44. The van der Waals surface area contributed by atoms with Crippen LogP contribution in [0.3, 0.4) is 0 Å². The van der Waals surface area contributed by atoms with Gasteiger partial charge in [-0.25, -0.2) is 9.78 Å². The highest BCUT2D eigenvalue weighted by Gasteiger charge is 2.21. The van der Waals surface area contributed by atoms with Crippen molar-refractivity contribution in [2.75, 3.05) is 18.4 Å². The summed E-state index contributed by atoms with van der Waals surface area (Å²) in [5, 5.41) is 5.55. The Bertz CT molecular complexity index is 696. The highest BCUT2D eigenvalue weighted by molar-refractivity contribution is 5.88. The predicted octanol–water partition coefficient (Wildman–Crippen LogP) is 3.01. The van der Waals surface area contributed by atoms with E-state index in [1.165, 1.54) is 5.56 Å². The Morgan fingerprint density at radius 1 is 1.12 bits per heavy atom. The van der Waals surface area contributed by atoms with E-state index in [4.69, 9.17) is 4.74 Å². The average molecular weight is 354 g/mol. The van der Waals surface area contributed by atoms with Gasteiger partial charge in [0, 0.05) is 32.4 Å². The topological polar surface area (TPSA) is 66.5 Å². The van der Waals surface area contributed by atoms with Gasteiger partial charge in [-0.2, -0.15) is 0 Å². The SMILES string of the molecule is CC1CN(Cc2ccc(CNC(=O)Nc3ccccn3)cc2)CC(C)O1. The lowest BCUT2D eigenvalue weighted by Gasteiger charge is -2.35. The van der Waals surface area contributed by atoms with Gasteiger partial charge in [0.1, 0.15) is 5.82 Å². The van der Waals surface area contributed by atoms with Crippen molar-refractivity contribution >= 4 is 11.8 Å². The quantitative estimate of drug-likeness (QED) is 0.866. The smallest absolute Gasteiger partial charge is 0.320 e. The van der Waals surface area contributed by atoms with Crippen molar-refractivity contribution in [2.45, 2.75) is 39.1 Å². The van der Waals surface area contributed by atoms with Gasteiger partial charge in [0.15, 0.2) is 0 Å². The highest BCUT2D eigenvalue weighted by Crippen LogP contribution is 2.14. The van der Waals surface area contributed by atoms with Crippen LogP contribution in [0.25, 0.3) is 0 Å². The molecule has 2 atom stereocenters. The van der Waals surface area contributed by atoms with Crippen molar-refractivity contribution in [3.8, 4) is 0 Å². The fraction of sp³-hybridized carbons (Fsp3) is 0.400. The van der Waals surface area contributed by atoms with Gasteiger partial charge in [-0.1, -0.05) is 30.3 Å². The van der Waals surface area contributed by atoms with E-state index in [0.29, 0.717) is 12.4 Å². The average Bonchev–Trinajstić information content (AvgIpc) is 2.61. The molecule has 0 spiro atoms. The number of hydrogen-bond acceptors (Lipinski definition) is 4. The summed E-state index contributed by atoms with van der Waals surface area (Å²) in [5.41, 5.74) is 2.33. The zero-order valence-electron chi connectivity index (χ0n) is 15.3. The van der Waals surface area contributed by atoms with Gasteiger partial charge < -0.3 is 10.1 Å². The first kappa shape index (κ1) is 18.4. The normalized spacial score (nSPS) is 20.5. The Morgan fingerprint density at radius 2 is 1.81 bits per heavy atom. The van der Waals surface area contributed by atoms with Crippen molar-refractivity contribution in [2.24, 2.45) is 0 Å². The number of carbonyl (C=O) groups excluding carboxylic acids is 1. The number of anilines is 1. The largest absolute Gasteiger partial charge is 0.373 e. The third-order valence-corrected chi connectivity index (χ3v) is 4.28. The zero-order chi connectivity index (χ0) is 18.4. The first-order chi connectivity index (χ1) is 12.6. The minimum atomic E-state index is -0.260. The number of benzene rings is 1. The molecule has 2 amide bonds. The van der Waals surface area contributed by atoms with Gasteiger partial charge in [0.25, 0.3) is 0 Å². The lowest BCUT2D eigenvalue weighted by atomic mass is 10.1. The number of rotatable bonds is 5. The van der Waals surface area contributed by atoms with E-state index in [2.05, 4.69) is 58.6 Å². The fourth-order valence-electron chi connectivity index (χ4n) is 3.21. The molecular formula is C20H26N4O2. The van der Waals surface area contributed by atoms with Crippen molar-refractivity contribution in [3.05, 3.63) is 59.8 Å². The third-order valence-electron chi connectivity index (χ3n) is 4.28. The van der Waals surface area contributed by atoms with E-state index in [0.717, 1.165) is 25.2 Å². The molecule has 1 aromatic heterocycles. The molecule has 1 saturated heterocycles. The maximum absolute atomic E-state index is 11.9. The van der Waals surface area contributed by atoms with Crippen LogP contribution in [0.1, 0.15) is 25.0 Å². The van der Waals surface area contributed by atoms with Crippen LogP contribution in [0.15, 0.2) is 48.7 Å². The van der Waals surface area contributed by atoms with Gasteiger partial charge >= 0.3 is 6.03 Å². The number of morpholine rings is 1. The van der Waals surface area contributed by atoms with Crippen LogP contribution in [-0.2, 0) is 17.8 Å². The van der Waals surface area contributed by atoms with Crippen LogP contribution in [-0.4, -0.2) is 41.2 Å². The lowest BCUT2D eigenvalue weighted by Crippen LogP contribution is -2.44. The van der Waals surface area contributed by atoms with E-state index < -0.39 is 0 Å². The third kappa shape index (κ3) is 5.54. The molecule has 138 valence electrons. The molecule has 0 aliphatic carbocycles. The van der Waals surface area contributed by atoms with Crippen molar-refractivity contribution in [1.29, 1.82) is 0 Å². The number of aromatic nitrogens is 1. The summed E-state index contributed by atoms with van der Waals surface area (Å²) >= 11 is 0. The molecular weight excluding hydrogens is 328 g/mol. The molecule has 0 radical (unpaired) electrons. The summed E-state index contributed by atoms with van der Waals surface area (Å²) in [7, 11) is 0. The van der Waals surface area contributed by atoms with Gasteiger partial charge in [0.05, 0.1) is 12.2 Å². The molecule has 1 aliphatic heterocycles. The van der Waals surface area contributed by atoms with Gasteiger partial charge in [0.2, 0.25) is 0 Å². The van der Waals surface area contributed by atoms with Crippen molar-refractivity contribution in [3.63, 3.8) is 0 Å². The molecule has 6 nitrogen and oxygen atoms in total. The van der Waals surface area contributed by atoms with E-state index in [1.807, 2.05) is 12.1 Å². The van der Waals surface area contributed by atoms with Crippen molar-refractivity contribution in [1.82, 2.24) is 15.2 Å². The number of hydrogen-bond donors (Lipinski definition) is 2. The Labute approximate surface area is 154 Å². The summed E-state index contributed by atoms with van der Waals surface area (Å²) in [6.07, 6.45) is 2.20. The van der Waals surface area contributed by atoms with E-state index >= 15 is 0 Å². The lowest BCUT2D eigenvalue weighted by molar-refractivity contribution is -0.0704. The van der Waals surface area contributed by atoms with Crippen molar-refractivity contribution < 1.29 is 9.53 Å². The summed E-state index contributed by atoms with van der Waals surface area (Å²) in [4.78, 5) is 18.4. The van der Waals surface area contributed by atoms with E-state index in [9.17, 15) is 4.79 Å². The first-order valence-corrected chi connectivity index (χ1v) is 9.00. The number of ether oxygens (including phenoxy) is 1. The molecule has 6 heteroatoms. The second-order valence-corrected chi connectivity index (χ2v) is 6.79. The maximum Gasteiger partial charge on any atom is 0.320 e. The summed E-state index contributed by atoms with van der Waals surface area (Å²) in [6, 6.07) is 13.5. The van der Waals surface area contributed by atoms with Gasteiger partial charge in [-0.15, -0.1) is 0 Å². The number of amides is 2. The molecule has 2 aromatic rings. The zero-order valence-corrected chi connectivity index (χ0v) is 15.3. The Morgan fingerprint density at radius 3 is 2.46 bits per heavy atom. The molecule has 0 bridgehead atoms. The van der Waals surface area contributed by atoms with Crippen LogP contribution in [0.5, 0.6) is 0 Å². The Balaban J connectivity index is 1.46. The van der Waals surface area contributed by atoms with Crippen LogP contribution in [0, 0.1) is 0 Å². The predicted molar refractivity (Wildman–Crippen MR) is 102 cm³/mol. The number of urea groups is 1. The van der Waals surface area contributed by atoms with E-state index in [-0.39, 0.29) is 18.2 Å². The fourth-order valence-corrected chi connectivity index (χ4v) is 3.21. The molecule has 3 rings (SSSR count). The molecule has 2 unspecified atom stereocenters. The molecule has 2 N–H and O–H groups in total. The first-order valence-electron chi connectivity index (χ1n) is 9.00. The minimum Gasteiger partial charge on any atom is -0.373 e. The Kier molecular flexibility index (Phi) is 6.20. The second kappa shape index (κ2) is 8.78. The number of carbonyl (C=O) groups is 1. The number of pyridine rings is 1. The molecule has 1 aromatic carbocycles. The van der Waals surface area contributed by atoms with Crippen LogP contribution < -0.4 is 10.6 Å². The standard InChI is InChI=1S/C20H26N4O2/c1-15-12-24(13-16(2)26-15)14-18-8-6-17(7-9-18)11-22-20(25)23-19-5-3-4-10-21-19/h3-10,15-16H,11-14H2,1-2H3,(H2,21,22,23,25).